The quantitative estimate of drug-likeness (QED) is 0.416. The van der Waals surface area contributed by atoms with Crippen molar-refractivity contribution in [2.45, 2.75) is 32.0 Å². The Hall–Kier alpha value is -2.34. The van der Waals surface area contributed by atoms with E-state index >= 15 is 0 Å². The summed E-state index contributed by atoms with van der Waals surface area (Å²) in [6.45, 7) is 2.14. The van der Waals surface area contributed by atoms with E-state index in [4.69, 9.17) is 21.3 Å². The van der Waals surface area contributed by atoms with Gasteiger partial charge in [-0.15, -0.1) is 0 Å². The summed E-state index contributed by atoms with van der Waals surface area (Å²) >= 11 is 9.81. The second-order valence-corrected chi connectivity index (χ2v) is 8.89. The summed E-state index contributed by atoms with van der Waals surface area (Å²) in [5, 5.41) is 14.7. The third-order valence-corrected chi connectivity index (χ3v) is 6.32. The van der Waals surface area contributed by atoms with Crippen LogP contribution in [0.4, 0.5) is 0 Å². The number of hydrogen-bond donors (Lipinski definition) is 2. The van der Waals surface area contributed by atoms with Gasteiger partial charge in [-0.05, 0) is 53.9 Å². The van der Waals surface area contributed by atoms with Crippen molar-refractivity contribution in [1.29, 1.82) is 0 Å². The molecule has 0 spiro atoms. The van der Waals surface area contributed by atoms with Gasteiger partial charge in [-0.25, -0.2) is 0 Å². The number of halogens is 2. The Labute approximate surface area is 196 Å². The first-order chi connectivity index (χ1) is 15.0. The molecule has 2 N–H and O–H groups in total. The Morgan fingerprint density at radius 1 is 1.10 bits per heavy atom. The molecule has 0 amide bonds. The summed E-state index contributed by atoms with van der Waals surface area (Å²) in [6, 6.07) is 19.4. The van der Waals surface area contributed by atoms with Crippen LogP contribution >= 0.6 is 27.5 Å². The summed E-state index contributed by atoms with van der Waals surface area (Å²) in [7, 11) is 1.66. The van der Waals surface area contributed by atoms with Gasteiger partial charge >= 0.3 is 0 Å². The van der Waals surface area contributed by atoms with E-state index in [1.165, 1.54) is 5.56 Å². The lowest BCUT2D eigenvalue weighted by molar-refractivity contribution is 0.381. The average Bonchev–Trinajstić information content (AvgIpc) is 2.80. The van der Waals surface area contributed by atoms with Gasteiger partial charge < -0.3 is 9.84 Å². The van der Waals surface area contributed by atoms with Gasteiger partial charge in [-0.2, -0.15) is 0 Å². The van der Waals surface area contributed by atoms with E-state index in [-0.39, 0.29) is 18.0 Å². The van der Waals surface area contributed by atoms with Crippen LogP contribution in [0.25, 0.3) is 0 Å². The molecule has 0 bridgehead atoms. The molecule has 31 heavy (non-hydrogen) atoms. The number of benzene rings is 3. The van der Waals surface area contributed by atoms with Crippen LogP contribution < -0.4 is 10.1 Å². The molecule has 3 aromatic rings. The van der Waals surface area contributed by atoms with Crippen LogP contribution in [0.2, 0.25) is 5.02 Å². The lowest BCUT2D eigenvalue weighted by Gasteiger charge is -2.31. The second-order valence-electron chi connectivity index (χ2n) is 7.54. The minimum absolute atomic E-state index is 0.161. The highest BCUT2D eigenvalue weighted by Crippen LogP contribution is 2.38. The number of nitrogens with one attached hydrogen (secondary N) is 1. The van der Waals surface area contributed by atoms with Crippen molar-refractivity contribution in [2.75, 3.05) is 7.11 Å². The van der Waals surface area contributed by atoms with E-state index < -0.39 is 0 Å². The first-order valence-electron chi connectivity index (χ1n) is 10.2. The average molecular weight is 500 g/mol. The molecule has 0 unspecified atom stereocenters. The molecule has 6 heteroatoms. The molecule has 1 heterocycles. The Morgan fingerprint density at radius 2 is 1.87 bits per heavy atom. The number of aryl methyl sites for hydroxylation is 1. The van der Waals surface area contributed by atoms with Gasteiger partial charge in [0.15, 0.2) is 0 Å². The molecule has 0 radical (unpaired) electrons. The van der Waals surface area contributed by atoms with Crippen LogP contribution in [-0.2, 0) is 6.42 Å². The fourth-order valence-corrected chi connectivity index (χ4v) is 4.46. The van der Waals surface area contributed by atoms with Crippen LogP contribution in [0.15, 0.2) is 70.1 Å². The van der Waals surface area contributed by atoms with Crippen molar-refractivity contribution in [3.8, 4) is 11.5 Å². The van der Waals surface area contributed by atoms with E-state index in [0.717, 1.165) is 39.0 Å². The van der Waals surface area contributed by atoms with E-state index in [0.29, 0.717) is 11.4 Å². The van der Waals surface area contributed by atoms with E-state index in [1.54, 1.807) is 19.2 Å². The summed E-state index contributed by atoms with van der Waals surface area (Å²) < 4.78 is 6.55. The number of nitrogens with zero attached hydrogens (tertiary/aromatic N) is 1. The van der Waals surface area contributed by atoms with Crippen molar-refractivity contribution in [3.05, 3.63) is 92.4 Å². The molecule has 0 aromatic heterocycles. The molecular formula is C25H24BrClN2O2. The second kappa shape index (κ2) is 9.43. The standard InChI is InChI=1S/C25H24BrClN2O2/c1-3-15-4-6-16(7-5-15)21-14-22(19-13-18(27)9-10-23(19)30)29-25(28-21)20-12-17(26)8-11-24(20)31-2/h4-13,22,25,29-30H,3,14H2,1-2H3/t22-,25-/m0/s1. The smallest absolute Gasteiger partial charge is 0.130 e. The van der Waals surface area contributed by atoms with E-state index in [1.807, 2.05) is 24.3 Å². The van der Waals surface area contributed by atoms with Gasteiger partial charge in [0.25, 0.3) is 0 Å². The maximum atomic E-state index is 10.5. The zero-order valence-corrected chi connectivity index (χ0v) is 19.7. The molecule has 160 valence electrons. The molecule has 4 nitrogen and oxygen atoms in total. The summed E-state index contributed by atoms with van der Waals surface area (Å²) in [5.74, 6) is 0.963. The highest BCUT2D eigenvalue weighted by atomic mass is 79.9. The minimum atomic E-state index is -0.342. The predicted octanol–water partition coefficient (Wildman–Crippen LogP) is 6.60. The third kappa shape index (κ3) is 4.79. The zero-order valence-electron chi connectivity index (χ0n) is 17.4. The van der Waals surface area contributed by atoms with Crippen molar-refractivity contribution in [3.63, 3.8) is 0 Å². The fourth-order valence-electron chi connectivity index (χ4n) is 3.90. The van der Waals surface area contributed by atoms with Crippen molar-refractivity contribution >= 4 is 33.2 Å². The van der Waals surface area contributed by atoms with Crippen LogP contribution in [0, 0.1) is 0 Å². The number of hydrogen-bond acceptors (Lipinski definition) is 4. The first-order valence-corrected chi connectivity index (χ1v) is 11.4. The monoisotopic (exact) mass is 498 g/mol. The lowest BCUT2D eigenvalue weighted by atomic mass is 9.93. The first kappa shape index (κ1) is 21.9. The summed E-state index contributed by atoms with van der Waals surface area (Å²) in [4.78, 5) is 5.05. The third-order valence-electron chi connectivity index (χ3n) is 5.59. The van der Waals surface area contributed by atoms with Crippen molar-refractivity contribution < 1.29 is 9.84 Å². The molecule has 2 atom stereocenters. The van der Waals surface area contributed by atoms with Crippen LogP contribution in [-0.4, -0.2) is 17.9 Å². The molecular weight excluding hydrogens is 476 g/mol. The molecule has 0 aliphatic carbocycles. The molecule has 1 aliphatic heterocycles. The number of aromatic hydroxyl groups is 1. The normalized spacial score (nSPS) is 18.5. The lowest BCUT2D eigenvalue weighted by Crippen LogP contribution is -2.33. The van der Waals surface area contributed by atoms with E-state index in [2.05, 4.69) is 52.4 Å². The topological polar surface area (TPSA) is 53.8 Å². The van der Waals surface area contributed by atoms with Crippen LogP contribution in [0.1, 0.15) is 47.8 Å². The summed E-state index contributed by atoms with van der Waals surface area (Å²) in [6.07, 6.45) is 1.28. The largest absolute Gasteiger partial charge is 0.508 e. The Morgan fingerprint density at radius 3 is 2.58 bits per heavy atom. The number of phenolic OH excluding ortho intramolecular Hbond substituents is 1. The van der Waals surface area contributed by atoms with Crippen LogP contribution in [0.5, 0.6) is 11.5 Å². The number of rotatable bonds is 5. The zero-order chi connectivity index (χ0) is 22.0. The Kier molecular flexibility index (Phi) is 6.65. The highest BCUT2D eigenvalue weighted by Gasteiger charge is 2.29. The SMILES string of the molecule is CCc1ccc(C2=N[C@H](c3cc(Br)ccc3OC)N[C@H](c3cc(Cl)ccc3O)C2)cc1. The van der Waals surface area contributed by atoms with Gasteiger partial charge in [-0.1, -0.05) is 58.7 Å². The van der Waals surface area contributed by atoms with Gasteiger partial charge in [0.2, 0.25) is 0 Å². The van der Waals surface area contributed by atoms with Crippen molar-refractivity contribution in [1.82, 2.24) is 5.32 Å². The maximum Gasteiger partial charge on any atom is 0.130 e. The summed E-state index contributed by atoms with van der Waals surface area (Å²) in [5.41, 5.74) is 5.00. The number of ether oxygens (including phenoxy) is 1. The van der Waals surface area contributed by atoms with E-state index in [9.17, 15) is 5.11 Å². The van der Waals surface area contributed by atoms with Crippen LogP contribution in [0.3, 0.4) is 0 Å². The molecule has 1 aliphatic rings. The van der Waals surface area contributed by atoms with Gasteiger partial charge in [0, 0.05) is 38.8 Å². The predicted molar refractivity (Wildman–Crippen MR) is 129 cm³/mol. The Balaban J connectivity index is 1.80. The highest BCUT2D eigenvalue weighted by molar-refractivity contribution is 9.10. The van der Waals surface area contributed by atoms with Gasteiger partial charge in [0.05, 0.1) is 7.11 Å². The molecule has 0 saturated carbocycles. The van der Waals surface area contributed by atoms with Crippen molar-refractivity contribution in [2.24, 2.45) is 4.99 Å². The number of phenols is 1. The molecule has 0 saturated heterocycles. The number of aliphatic imine (C=N–C) groups is 1. The fraction of sp³-hybridized carbons (Fsp3) is 0.240. The minimum Gasteiger partial charge on any atom is -0.508 e. The molecule has 0 fully saturated rings. The number of methoxy groups -OCH3 is 1. The van der Waals surface area contributed by atoms with Gasteiger partial charge in [-0.3, -0.25) is 10.3 Å². The molecule has 4 rings (SSSR count). The Bertz CT molecular complexity index is 1120. The maximum absolute atomic E-state index is 10.5. The molecule has 3 aromatic carbocycles. The van der Waals surface area contributed by atoms with Gasteiger partial charge in [0.1, 0.15) is 17.7 Å².